The van der Waals surface area contributed by atoms with Crippen LogP contribution in [0.5, 0.6) is 0 Å². The van der Waals surface area contributed by atoms with Gasteiger partial charge in [0.15, 0.2) is 6.10 Å². The molecular formula is C28H36NO8+. The van der Waals surface area contributed by atoms with Crippen molar-refractivity contribution in [3.63, 3.8) is 0 Å². The summed E-state index contributed by atoms with van der Waals surface area (Å²) in [6, 6.07) is 18.5. The van der Waals surface area contributed by atoms with E-state index in [4.69, 9.17) is 14.2 Å². The predicted molar refractivity (Wildman–Crippen MR) is 135 cm³/mol. The van der Waals surface area contributed by atoms with E-state index in [0.29, 0.717) is 13.0 Å². The van der Waals surface area contributed by atoms with Crippen LogP contribution in [0.3, 0.4) is 0 Å². The Morgan fingerprint density at radius 1 is 0.811 bits per heavy atom. The maximum atomic E-state index is 12.4. The molecule has 9 heteroatoms. The second-order valence-corrected chi connectivity index (χ2v) is 9.38. The van der Waals surface area contributed by atoms with E-state index in [0.717, 1.165) is 11.1 Å². The van der Waals surface area contributed by atoms with E-state index in [2.05, 4.69) is 0 Å². The fourth-order valence-corrected chi connectivity index (χ4v) is 3.59. The van der Waals surface area contributed by atoms with Gasteiger partial charge >= 0.3 is 17.9 Å². The lowest BCUT2D eigenvalue weighted by atomic mass is 10.1. The first-order valence-corrected chi connectivity index (χ1v) is 12.2. The van der Waals surface area contributed by atoms with Crippen molar-refractivity contribution >= 4 is 23.7 Å². The fourth-order valence-electron chi connectivity index (χ4n) is 3.59. The smallest absolute Gasteiger partial charge is 0.317 e. The quantitative estimate of drug-likeness (QED) is 0.157. The number of aliphatic hydroxyl groups excluding tert-OH is 1. The van der Waals surface area contributed by atoms with E-state index in [-0.39, 0.29) is 43.1 Å². The van der Waals surface area contributed by atoms with Gasteiger partial charge in [-0.25, -0.2) is 0 Å². The maximum absolute atomic E-state index is 12.4. The number of carbonyl (C=O) groups excluding carboxylic acids is 4. The summed E-state index contributed by atoms with van der Waals surface area (Å²) in [6.45, 7) is 0.277. The maximum Gasteiger partial charge on any atom is 0.317 e. The van der Waals surface area contributed by atoms with Gasteiger partial charge in [-0.3, -0.25) is 19.2 Å². The van der Waals surface area contributed by atoms with Crippen LogP contribution in [0.4, 0.5) is 0 Å². The third kappa shape index (κ3) is 12.8. The van der Waals surface area contributed by atoms with Gasteiger partial charge in [0.05, 0.1) is 20.7 Å². The number of nitrogens with zero attached hydrogens (tertiary/aromatic N) is 1. The first kappa shape index (κ1) is 29.7. The molecule has 1 N–H and O–H groups in total. The lowest BCUT2D eigenvalue weighted by Crippen LogP contribution is -2.49. The Balaban J connectivity index is 1.83. The molecule has 37 heavy (non-hydrogen) atoms. The van der Waals surface area contributed by atoms with Crippen LogP contribution >= 0.6 is 0 Å². The molecule has 0 bridgehead atoms. The minimum absolute atomic E-state index is 0.0400. The lowest BCUT2D eigenvalue weighted by Gasteiger charge is -2.32. The molecule has 0 aliphatic heterocycles. The molecule has 1 atom stereocenters. The minimum Gasteiger partial charge on any atom is -0.461 e. The largest absolute Gasteiger partial charge is 0.461 e. The second kappa shape index (κ2) is 15.5. The number of hydrogen-bond acceptors (Lipinski definition) is 8. The Morgan fingerprint density at radius 3 is 2.03 bits per heavy atom. The van der Waals surface area contributed by atoms with Gasteiger partial charge in [-0.1, -0.05) is 60.7 Å². The van der Waals surface area contributed by atoms with Gasteiger partial charge in [0.2, 0.25) is 0 Å². The number of hydrogen-bond donors (Lipinski definition) is 1. The van der Waals surface area contributed by atoms with Gasteiger partial charge in [-0.05, 0) is 17.5 Å². The molecule has 0 aliphatic carbocycles. The van der Waals surface area contributed by atoms with Crippen molar-refractivity contribution < 1.29 is 43.0 Å². The van der Waals surface area contributed by atoms with E-state index in [1.165, 1.54) is 0 Å². The number of ether oxygens (including phenoxy) is 3. The Labute approximate surface area is 217 Å². The van der Waals surface area contributed by atoms with Crippen LogP contribution in [0, 0.1) is 0 Å². The molecule has 2 aromatic rings. The van der Waals surface area contributed by atoms with E-state index < -0.39 is 36.9 Å². The van der Waals surface area contributed by atoms with Crippen molar-refractivity contribution in [2.45, 2.75) is 38.4 Å². The molecule has 9 nitrogen and oxygen atoms in total. The molecule has 200 valence electrons. The topological polar surface area (TPSA) is 116 Å². The molecule has 2 rings (SSSR count). The molecule has 0 heterocycles. The van der Waals surface area contributed by atoms with Gasteiger partial charge < -0.3 is 23.8 Å². The van der Waals surface area contributed by atoms with Crippen LogP contribution in [-0.2, 0) is 46.4 Å². The van der Waals surface area contributed by atoms with Crippen molar-refractivity contribution in [1.29, 1.82) is 0 Å². The van der Waals surface area contributed by atoms with E-state index in [1.807, 2.05) is 62.6 Å². The molecule has 0 fully saturated rings. The SMILES string of the molecule is C[N+](C)(CCO)CC(COC(=O)CC(=O)OCc1ccccc1)OC(=O)CC(=O)CCc1ccccc1. The van der Waals surface area contributed by atoms with Crippen LogP contribution in [-0.4, -0.2) is 79.8 Å². The summed E-state index contributed by atoms with van der Waals surface area (Å²) >= 11 is 0. The number of carbonyl (C=O) groups is 4. The van der Waals surface area contributed by atoms with Crippen LogP contribution in [0.2, 0.25) is 0 Å². The van der Waals surface area contributed by atoms with Gasteiger partial charge in [-0.2, -0.15) is 0 Å². The summed E-state index contributed by atoms with van der Waals surface area (Å²) in [7, 11) is 3.65. The number of likely N-dealkylation sites (N-methyl/N-ethyl adjacent to an activating group) is 1. The Bertz CT molecular complexity index is 1010. The third-order valence-corrected chi connectivity index (χ3v) is 5.54. The first-order valence-electron chi connectivity index (χ1n) is 12.2. The van der Waals surface area contributed by atoms with Crippen LogP contribution < -0.4 is 0 Å². The van der Waals surface area contributed by atoms with Crippen molar-refractivity contribution in [3.05, 3.63) is 71.8 Å². The summed E-state index contributed by atoms with van der Waals surface area (Å²) in [4.78, 5) is 48.9. The van der Waals surface area contributed by atoms with E-state index in [1.54, 1.807) is 12.1 Å². The number of Topliss-reactive ketones (excluding diaryl/α,β-unsaturated/α-hetero) is 1. The van der Waals surface area contributed by atoms with Crippen molar-refractivity contribution in [2.24, 2.45) is 0 Å². The Kier molecular flexibility index (Phi) is 12.5. The van der Waals surface area contributed by atoms with E-state index >= 15 is 0 Å². The highest BCUT2D eigenvalue weighted by atomic mass is 16.6. The molecule has 2 aromatic carbocycles. The number of ketones is 1. The van der Waals surface area contributed by atoms with Gasteiger partial charge in [-0.15, -0.1) is 0 Å². The van der Waals surface area contributed by atoms with Crippen LogP contribution in [0.1, 0.15) is 30.4 Å². The number of benzene rings is 2. The van der Waals surface area contributed by atoms with Gasteiger partial charge in [0, 0.05) is 6.42 Å². The summed E-state index contributed by atoms with van der Waals surface area (Å²) < 4.78 is 16.0. The monoisotopic (exact) mass is 514 g/mol. The zero-order chi connectivity index (χ0) is 27.1. The molecule has 0 aromatic heterocycles. The highest BCUT2D eigenvalue weighted by molar-refractivity contribution is 5.95. The molecule has 0 aliphatic rings. The molecular weight excluding hydrogens is 478 g/mol. The van der Waals surface area contributed by atoms with Crippen molar-refractivity contribution in [3.8, 4) is 0 Å². The number of rotatable bonds is 16. The average molecular weight is 515 g/mol. The molecule has 0 saturated carbocycles. The summed E-state index contributed by atoms with van der Waals surface area (Å²) in [5.41, 5.74) is 1.79. The highest BCUT2D eigenvalue weighted by Gasteiger charge is 2.27. The van der Waals surface area contributed by atoms with Crippen LogP contribution in [0.15, 0.2) is 60.7 Å². The molecule has 1 unspecified atom stereocenters. The second-order valence-electron chi connectivity index (χ2n) is 9.38. The standard InChI is InChI=1S/C28H36NO8/c1-29(2,15-16-30)19-25(37-28(34)17-24(31)14-13-22-9-5-3-6-10-22)21-36-27(33)18-26(32)35-20-23-11-7-4-8-12-23/h3-12,25,30H,13-21H2,1-2H3/q+1. The number of quaternary nitrogens is 1. The Morgan fingerprint density at radius 2 is 1.41 bits per heavy atom. The van der Waals surface area contributed by atoms with E-state index in [9.17, 15) is 24.3 Å². The normalized spacial score (nSPS) is 11.9. The Hall–Kier alpha value is -3.56. The zero-order valence-electron chi connectivity index (χ0n) is 21.5. The average Bonchev–Trinajstić information content (AvgIpc) is 2.86. The number of esters is 3. The zero-order valence-corrected chi connectivity index (χ0v) is 21.5. The minimum atomic E-state index is -0.861. The summed E-state index contributed by atoms with van der Waals surface area (Å²) in [5.74, 6) is -2.52. The number of aliphatic hydroxyl groups is 1. The van der Waals surface area contributed by atoms with Crippen molar-refractivity contribution in [2.75, 3.05) is 40.4 Å². The predicted octanol–water partition coefficient (Wildman–Crippen LogP) is 2.24. The van der Waals surface area contributed by atoms with Crippen molar-refractivity contribution in [1.82, 2.24) is 0 Å². The molecule has 0 saturated heterocycles. The molecule has 0 radical (unpaired) electrons. The summed E-state index contributed by atoms with van der Waals surface area (Å²) in [5, 5.41) is 9.31. The van der Waals surface area contributed by atoms with Gasteiger partial charge in [0.1, 0.15) is 44.9 Å². The highest BCUT2D eigenvalue weighted by Crippen LogP contribution is 2.09. The molecule has 0 amide bonds. The van der Waals surface area contributed by atoms with Gasteiger partial charge in [0.25, 0.3) is 0 Å². The molecule has 0 spiro atoms. The first-order chi connectivity index (χ1) is 17.7. The van der Waals surface area contributed by atoms with Crippen LogP contribution in [0.25, 0.3) is 0 Å². The lowest BCUT2D eigenvalue weighted by molar-refractivity contribution is -0.893. The third-order valence-electron chi connectivity index (χ3n) is 5.54. The summed E-state index contributed by atoms with van der Waals surface area (Å²) in [6.07, 6.45) is -1.11. The number of aryl methyl sites for hydroxylation is 1. The fraction of sp³-hybridized carbons (Fsp3) is 0.429.